The molecule has 1 fully saturated rings. The van der Waals surface area contributed by atoms with Gasteiger partial charge in [-0.1, -0.05) is 35.8 Å². The van der Waals surface area contributed by atoms with Crippen LogP contribution in [0.25, 0.3) is 11.4 Å². The van der Waals surface area contributed by atoms with Gasteiger partial charge in [0.2, 0.25) is 11.7 Å². The Morgan fingerprint density at radius 3 is 2.59 bits per heavy atom. The predicted molar refractivity (Wildman–Crippen MR) is 100 cm³/mol. The Bertz CT molecular complexity index is 1030. The second-order valence-electron chi connectivity index (χ2n) is 6.79. The lowest BCUT2D eigenvalue weighted by Gasteiger charge is -2.20. The van der Waals surface area contributed by atoms with Crippen molar-refractivity contribution in [2.75, 3.05) is 10.6 Å². The number of hydrogen-bond donors (Lipinski definition) is 2. The number of para-hydroxylation sites is 1. The lowest BCUT2D eigenvalue weighted by atomic mass is 9.85. The number of amides is 2. The van der Waals surface area contributed by atoms with Crippen LogP contribution in [0.3, 0.4) is 0 Å². The summed E-state index contributed by atoms with van der Waals surface area (Å²) in [7, 11) is 0. The van der Waals surface area contributed by atoms with Gasteiger partial charge >= 0.3 is 12.2 Å². The van der Waals surface area contributed by atoms with E-state index < -0.39 is 17.8 Å². The van der Waals surface area contributed by atoms with Crippen molar-refractivity contribution in [3.8, 4) is 11.4 Å². The summed E-state index contributed by atoms with van der Waals surface area (Å²) in [6.07, 6.45) is -1.36. The minimum absolute atomic E-state index is 0.303. The van der Waals surface area contributed by atoms with Crippen molar-refractivity contribution in [3.05, 3.63) is 60.0 Å². The smallest absolute Gasteiger partial charge is 0.339 e. The van der Waals surface area contributed by atoms with Gasteiger partial charge in [-0.25, -0.2) is 4.79 Å². The monoisotopic (exact) mass is 402 g/mol. The highest BCUT2D eigenvalue weighted by molar-refractivity contribution is 6.00. The second-order valence-corrected chi connectivity index (χ2v) is 6.79. The molecule has 1 saturated carbocycles. The van der Waals surface area contributed by atoms with E-state index in [2.05, 4.69) is 20.8 Å². The Hall–Kier alpha value is -3.36. The summed E-state index contributed by atoms with van der Waals surface area (Å²) >= 11 is 0. The molecule has 1 aliphatic rings. The van der Waals surface area contributed by atoms with Crippen LogP contribution in [-0.2, 0) is 6.18 Å². The van der Waals surface area contributed by atoms with Crippen molar-refractivity contribution in [3.63, 3.8) is 0 Å². The first kappa shape index (κ1) is 19.0. The third kappa shape index (κ3) is 4.23. The van der Waals surface area contributed by atoms with Gasteiger partial charge in [0.15, 0.2) is 0 Å². The molecule has 2 amide bonds. The summed E-state index contributed by atoms with van der Waals surface area (Å²) in [6, 6.07) is 10.7. The van der Waals surface area contributed by atoms with Crippen molar-refractivity contribution >= 4 is 17.4 Å². The molecule has 6 nitrogen and oxygen atoms in total. The number of carbonyl (C=O) groups is 1. The van der Waals surface area contributed by atoms with E-state index >= 15 is 0 Å². The zero-order chi connectivity index (χ0) is 20.4. The van der Waals surface area contributed by atoms with Crippen LogP contribution in [0.2, 0.25) is 0 Å². The minimum atomic E-state index is -4.57. The van der Waals surface area contributed by atoms with Crippen molar-refractivity contribution in [2.45, 2.75) is 31.4 Å². The molecule has 0 unspecified atom stereocenters. The summed E-state index contributed by atoms with van der Waals surface area (Å²) in [6.45, 7) is 0. The van der Waals surface area contributed by atoms with Crippen LogP contribution in [0.5, 0.6) is 0 Å². The molecule has 0 bridgehead atoms. The third-order valence-electron chi connectivity index (χ3n) is 4.76. The van der Waals surface area contributed by atoms with E-state index in [1.165, 1.54) is 18.2 Å². The maximum absolute atomic E-state index is 13.1. The molecule has 1 heterocycles. The third-order valence-corrected chi connectivity index (χ3v) is 4.76. The molecule has 4 rings (SSSR count). The average molecular weight is 402 g/mol. The van der Waals surface area contributed by atoms with Crippen molar-refractivity contribution in [1.29, 1.82) is 0 Å². The normalized spacial score (nSPS) is 14.3. The van der Waals surface area contributed by atoms with Crippen LogP contribution in [0.1, 0.15) is 36.6 Å². The number of anilines is 2. The molecular formula is C20H17F3N4O2. The highest BCUT2D eigenvalue weighted by Gasteiger charge is 2.33. The summed E-state index contributed by atoms with van der Waals surface area (Å²) in [5, 5.41) is 8.74. The first-order chi connectivity index (χ1) is 13.9. The van der Waals surface area contributed by atoms with Crippen LogP contribution in [-0.4, -0.2) is 16.2 Å². The van der Waals surface area contributed by atoms with Crippen molar-refractivity contribution in [2.24, 2.45) is 0 Å². The molecule has 29 heavy (non-hydrogen) atoms. The van der Waals surface area contributed by atoms with Crippen LogP contribution in [0.4, 0.5) is 29.3 Å². The number of urea groups is 1. The summed E-state index contributed by atoms with van der Waals surface area (Å²) in [5.41, 5.74) is -0.219. The van der Waals surface area contributed by atoms with E-state index in [1.807, 2.05) is 0 Å². The fourth-order valence-corrected chi connectivity index (χ4v) is 3.03. The topological polar surface area (TPSA) is 80.1 Å². The fourth-order valence-electron chi connectivity index (χ4n) is 3.03. The zero-order valence-corrected chi connectivity index (χ0v) is 15.2. The number of aromatic nitrogens is 2. The van der Waals surface area contributed by atoms with Gasteiger partial charge in [-0.05, 0) is 37.1 Å². The molecule has 0 aliphatic heterocycles. The number of nitrogens with zero attached hydrogens (tertiary/aromatic N) is 2. The van der Waals surface area contributed by atoms with E-state index in [1.54, 1.807) is 24.3 Å². The molecule has 1 aliphatic carbocycles. The predicted octanol–water partition coefficient (Wildman–Crippen LogP) is 5.67. The molecule has 9 heteroatoms. The van der Waals surface area contributed by atoms with Gasteiger partial charge in [-0.15, -0.1) is 0 Å². The standard InChI is InChI=1S/C20H17F3N4O2/c21-20(22,23)15-9-1-2-10-16(15)25-19(28)24-14-8-4-7-13(11-14)17-26-18(29-27-17)12-5-3-6-12/h1-2,4,7-12H,3,5-6H2,(H2,24,25,28). The zero-order valence-electron chi connectivity index (χ0n) is 15.2. The molecule has 150 valence electrons. The molecule has 0 spiro atoms. The van der Waals surface area contributed by atoms with Crippen molar-refractivity contribution < 1.29 is 22.5 Å². The molecule has 1 aromatic heterocycles. The first-order valence-corrected chi connectivity index (χ1v) is 9.08. The van der Waals surface area contributed by atoms with E-state index in [0.29, 0.717) is 28.9 Å². The van der Waals surface area contributed by atoms with Gasteiger partial charge < -0.3 is 15.2 Å². The average Bonchev–Trinajstić information content (AvgIpc) is 3.09. The van der Waals surface area contributed by atoms with Crippen molar-refractivity contribution in [1.82, 2.24) is 10.1 Å². The molecule has 0 atom stereocenters. The van der Waals surface area contributed by atoms with Crippen LogP contribution in [0.15, 0.2) is 53.1 Å². The minimum Gasteiger partial charge on any atom is -0.339 e. The quantitative estimate of drug-likeness (QED) is 0.590. The molecule has 2 aromatic carbocycles. The van der Waals surface area contributed by atoms with Gasteiger partial charge in [0.1, 0.15) is 0 Å². The molecule has 0 saturated heterocycles. The Kier molecular flexibility index (Phi) is 4.96. The summed E-state index contributed by atoms with van der Waals surface area (Å²) < 4.78 is 44.5. The van der Waals surface area contributed by atoms with Crippen LogP contribution in [0, 0.1) is 0 Å². The number of carbonyl (C=O) groups excluding carboxylic acids is 1. The van der Waals surface area contributed by atoms with Gasteiger partial charge in [-0.2, -0.15) is 18.2 Å². The highest BCUT2D eigenvalue weighted by atomic mass is 19.4. The molecular weight excluding hydrogens is 385 g/mol. The Morgan fingerprint density at radius 2 is 1.86 bits per heavy atom. The largest absolute Gasteiger partial charge is 0.418 e. The summed E-state index contributed by atoms with van der Waals surface area (Å²) in [4.78, 5) is 16.6. The van der Waals surface area contributed by atoms with E-state index in [4.69, 9.17) is 4.52 Å². The SMILES string of the molecule is O=C(Nc1cccc(-c2noc(C3CCC3)n2)c1)Nc1ccccc1C(F)(F)F. The maximum Gasteiger partial charge on any atom is 0.418 e. The Morgan fingerprint density at radius 1 is 1.07 bits per heavy atom. The number of benzene rings is 2. The van der Waals surface area contributed by atoms with Gasteiger partial charge in [0.25, 0.3) is 0 Å². The second kappa shape index (κ2) is 7.57. The maximum atomic E-state index is 13.1. The number of hydrogen-bond acceptors (Lipinski definition) is 4. The highest BCUT2D eigenvalue weighted by Crippen LogP contribution is 2.36. The van der Waals surface area contributed by atoms with Gasteiger partial charge in [0, 0.05) is 17.2 Å². The van der Waals surface area contributed by atoms with E-state index in [0.717, 1.165) is 25.3 Å². The van der Waals surface area contributed by atoms with Crippen LogP contribution >= 0.6 is 0 Å². The number of nitrogens with one attached hydrogen (secondary N) is 2. The lowest BCUT2D eigenvalue weighted by Crippen LogP contribution is -2.21. The van der Waals surface area contributed by atoms with Gasteiger partial charge in [0.05, 0.1) is 11.3 Å². The number of rotatable bonds is 4. The molecule has 2 N–H and O–H groups in total. The van der Waals surface area contributed by atoms with Crippen LogP contribution < -0.4 is 10.6 Å². The number of halogens is 3. The number of alkyl halides is 3. The Balaban J connectivity index is 1.47. The molecule has 3 aromatic rings. The van der Waals surface area contributed by atoms with Gasteiger partial charge in [-0.3, -0.25) is 0 Å². The van der Waals surface area contributed by atoms with E-state index in [-0.39, 0.29) is 5.69 Å². The van der Waals surface area contributed by atoms with E-state index in [9.17, 15) is 18.0 Å². The molecule has 0 radical (unpaired) electrons. The summed E-state index contributed by atoms with van der Waals surface area (Å²) in [5.74, 6) is 1.31. The lowest BCUT2D eigenvalue weighted by molar-refractivity contribution is -0.136. The fraction of sp³-hybridized carbons (Fsp3) is 0.250. The Labute approximate surface area is 164 Å². The first-order valence-electron chi connectivity index (χ1n) is 9.08.